The molecule has 2 aromatic carbocycles. The molecule has 2 nitrogen and oxygen atoms in total. The van der Waals surface area contributed by atoms with Crippen molar-refractivity contribution in [1.29, 1.82) is 0 Å². The zero-order valence-electron chi connectivity index (χ0n) is 14.0. The van der Waals surface area contributed by atoms with Crippen molar-refractivity contribution in [1.82, 2.24) is 0 Å². The summed E-state index contributed by atoms with van der Waals surface area (Å²) in [7, 11) is 3.41. The minimum absolute atomic E-state index is 0.900. The second-order valence-corrected chi connectivity index (χ2v) is 6.00. The zero-order chi connectivity index (χ0) is 16.1. The molecule has 0 radical (unpaired) electrons. The fraction of sp³-hybridized carbons (Fsp3) is 0.333. The van der Waals surface area contributed by atoms with E-state index in [1.807, 2.05) is 24.3 Å². The van der Waals surface area contributed by atoms with Gasteiger partial charge in [0.2, 0.25) is 0 Å². The SMILES string of the molecule is COc1ccc(C(=C2CCCCC2)c2ccc(OC)cc2)cc1. The molecular weight excluding hydrogens is 284 g/mol. The molecule has 2 aromatic rings. The van der Waals surface area contributed by atoms with E-state index in [1.165, 1.54) is 48.8 Å². The first-order valence-corrected chi connectivity index (χ1v) is 8.32. The third-order valence-electron chi connectivity index (χ3n) is 4.57. The molecule has 23 heavy (non-hydrogen) atoms. The average Bonchev–Trinajstić information content (AvgIpc) is 2.64. The van der Waals surface area contributed by atoms with Gasteiger partial charge < -0.3 is 9.47 Å². The first-order chi connectivity index (χ1) is 11.3. The van der Waals surface area contributed by atoms with Gasteiger partial charge in [0.1, 0.15) is 11.5 Å². The van der Waals surface area contributed by atoms with Crippen molar-refractivity contribution in [3.05, 3.63) is 65.2 Å². The average molecular weight is 308 g/mol. The standard InChI is InChI=1S/C21H24O2/c1-22-19-12-8-17(9-13-19)21(16-6-4-3-5-7-16)18-10-14-20(23-2)15-11-18/h8-15H,3-7H2,1-2H3. The highest BCUT2D eigenvalue weighted by molar-refractivity contribution is 5.82. The molecule has 1 aliphatic carbocycles. The van der Waals surface area contributed by atoms with Crippen LogP contribution < -0.4 is 9.47 Å². The van der Waals surface area contributed by atoms with Crippen LogP contribution in [0.15, 0.2) is 54.1 Å². The summed E-state index contributed by atoms with van der Waals surface area (Å²) in [5.74, 6) is 1.80. The molecule has 120 valence electrons. The maximum Gasteiger partial charge on any atom is 0.118 e. The fourth-order valence-corrected chi connectivity index (χ4v) is 3.32. The Morgan fingerprint density at radius 2 is 1.09 bits per heavy atom. The quantitative estimate of drug-likeness (QED) is 0.745. The smallest absolute Gasteiger partial charge is 0.118 e. The highest BCUT2D eigenvalue weighted by Gasteiger charge is 2.15. The van der Waals surface area contributed by atoms with E-state index in [-0.39, 0.29) is 0 Å². The van der Waals surface area contributed by atoms with Crippen LogP contribution in [0.3, 0.4) is 0 Å². The van der Waals surface area contributed by atoms with Gasteiger partial charge in [-0.15, -0.1) is 0 Å². The molecular formula is C21H24O2. The van der Waals surface area contributed by atoms with Crippen molar-refractivity contribution in [2.24, 2.45) is 0 Å². The molecule has 0 bridgehead atoms. The molecule has 0 aromatic heterocycles. The molecule has 0 N–H and O–H groups in total. The van der Waals surface area contributed by atoms with E-state index in [2.05, 4.69) is 24.3 Å². The summed E-state index contributed by atoms with van der Waals surface area (Å²) in [5.41, 5.74) is 5.50. The van der Waals surface area contributed by atoms with Crippen LogP contribution in [0.5, 0.6) is 11.5 Å². The van der Waals surface area contributed by atoms with E-state index in [4.69, 9.17) is 9.47 Å². The van der Waals surface area contributed by atoms with Crippen molar-refractivity contribution in [2.75, 3.05) is 14.2 Å². The van der Waals surface area contributed by atoms with E-state index in [0.29, 0.717) is 0 Å². The van der Waals surface area contributed by atoms with Crippen LogP contribution in [0.25, 0.3) is 5.57 Å². The minimum Gasteiger partial charge on any atom is -0.497 e. The molecule has 0 heterocycles. The van der Waals surface area contributed by atoms with Crippen LogP contribution in [0.2, 0.25) is 0 Å². The van der Waals surface area contributed by atoms with E-state index in [9.17, 15) is 0 Å². The molecule has 0 aliphatic heterocycles. The summed E-state index contributed by atoms with van der Waals surface area (Å²) in [5, 5.41) is 0. The Balaban J connectivity index is 2.05. The van der Waals surface area contributed by atoms with Gasteiger partial charge in [-0.3, -0.25) is 0 Å². The summed E-state index contributed by atoms with van der Waals surface area (Å²) in [6, 6.07) is 16.8. The topological polar surface area (TPSA) is 18.5 Å². The number of methoxy groups -OCH3 is 2. The van der Waals surface area contributed by atoms with Crippen LogP contribution in [0.4, 0.5) is 0 Å². The first-order valence-electron chi connectivity index (χ1n) is 8.32. The number of allylic oxidation sites excluding steroid dienone is 1. The highest BCUT2D eigenvalue weighted by Crippen LogP contribution is 2.36. The molecule has 0 atom stereocenters. The van der Waals surface area contributed by atoms with Crippen molar-refractivity contribution in [3.8, 4) is 11.5 Å². The summed E-state index contributed by atoms with van der Waals surface area (Å²) >= 11 is 0. The number of benzene rings is 2. The van der Waals surface area contributed by atoms with Crippen LogP contribution in [0.1, 0.15) is 43.2 Å². The maximum absolute atomic E-state index is 5.30. The Morgan fingerprint density at radius 1 is 0.652 bits per heavy atom. The van der Waals surface area contributed by atoms with Gasteiger partial charge in [0, 0.05) is 0 Å². The highest BCUT2D eigenvalue weighted by atomic mass is 16.5. The maximum atomic E-state index is 5.30. The van der Waals surface area contributed by atoms with Crippen molar-refractivity contribution < 1.29 is 9.47 Å². The summed E-state index contributed by atoms with van der Waals surface area (Å²) in [4.78, 5) is 0. The molecule has 2 heteroatoms. The number of ether oxygens (including phenoxy) is 2. The third kappa shape index (κ3) is 3.58. The largest absolute Gasteiger partial charge is 0.497 e. The third-order valence-corrected chi connectivity index (χ3v) is 4.57. The molecule has 1 saturated carbocycles. The molecule has 0 unspecified atom stereocenters. The Bertz CT molecular complexity index is 608. The minimum atomic E-state index is 0.900. The van der Waals surface area contributed by atoms with Gasteiger partial charge in [-0.25, -0.2) is 0 Å². The predicted molar refractivity (Wildman–Crippen MR) is 95.1 cm³/mol. The van der Waals surface area contributed by atoms with E-state index >= 15 is 0 Å². The van der Waals surface area contributed by atoms with Crippen molar-refractivity contribution in [3.63, 3.8) is 0 Å². The van der Waals surface area contributed by atoms with E-state index in [0.717, 1.165) is 11.5 Å². The lowest BCUT2D eigenvalue weighted by atomic mass is 9.85. The van der Waals surface area contributed by atoms with Crippen LogP contribution >= 0.6 is 0 Å². The lowest BCUT2D eigenvalue weighted by molar-refractivity contribution is 0.414. The number of hydrogen-bond donors (Lipinski definition) is 0. The van der Waals surface area contributed by atoms with Gasteiger partial charge >= 0.3 is 0 Å². The first kappa shape index (κ1) is 15.7. The molecule has 1 fully saturated rings. The van der Waals surface area contributed by atoms with Gasteiger partial charge in [-0.2, -0.15) is 0 Å². The Morgan fingerprint density at radius 3 is 1.48 bits per heavy atom. The van der Waals surface area contributed by atoms with Gasteiger partial charge in [0.05, 0.1) is 14.2 Å². The fourth-order valence-electron chi connectivity index (χ4n) is 3.32. The Labute approximate surface area is 138 Å². The lowest BCUT2D eigenvalue weighted by Crippen LogP contribution is -2.00. The van der Waals surface area contributed by atoms with Gasteiger partial charge in [0.25, 0.3) is 0 Å². The summed E-state index contributed by atoms with van der Waals surface area (Å²) in [6.07, 6.45) is 6.35. The second-order valence-electron chi connectivity index (χ2n) is 6.00. The Kier molecular flexibility index (Phi) is 5.02. The monoisotopic (exact) mass is 308 g/mol. The number of hydrogen-bond acceptors (Lipinski definition) is 2. The summed E-state index contributed by atoms with van der Waals surface area (Å²) in [6.45, 7) is 0. The van der Waals surface area contributed by atoms with Gasteiger partial charge in [0.15, 0.2) is 0 Å². The second kappa shape index (κ2) is 7.36. The van der Waals surface area contributed by atoms with Crippen LogP contribution in [0, 0.1) is 0 Å². The van der Waals surface area contributed by atoms with Crippen molar-refractivity contribution >= 4 is 5.57 Å². The van der Waals surface area contributed by atoms with Crippen LogP contribution in [-0.2, 0) is 0 Å². The van der Waals surface area contributed by atoms with E-state index < -0.39 is 0 Å². The molecule has 0 spiro atoms. The van der Waals surface area contributed by atoms with Gasteiger partial charge in [-0.1, -0.05) is 36.3 Å². The molecule has 0 amide bonds. The molecule has 3 rings (SSSR count). The van der Waals surface area contributed by atoms with E-state index in [1.54, 1.807) is 19.8 Å². The molecule has 1 aliphatic rings. The van der Waals surface area contributed by atoms with Crippen molar-refractivity contribution in [2.45, 2.75) is 32.1 Å². The van der Waals surface area contributed by atoms with Gasteiger partial charge in [-0.05, 0) is 66.6 Å². The Hall–Kier alpha value is -2.22. The lowest BCUT2D eigenvalue weighted by Gasteiger charge is -2.20. The predicted octanol–water partition coefficient (Wildman–Crippen LogP) is 5.47. The molecule has 0 saturated heterocycles. The van der Waals surface area contributed by atoms with Crippen LogP contribution in [-0.4, -0.2) is 14.2 Å². The number of rotatable bonds is 4. The zero-order valence-corrected chi connectivity index (χ0v) is 14.0. The summed E-state index contributed by atoms with van der Waals surface area (Å²) < 4.78 is 10.6. The normalized spacial score (nSPS) is 14.4.